The third-order valence-electron chi connectivity index (χ3n) is 3.27. The zero-order valence-electron chi connectivity index (χ0n) is 12.3. The Morgan fingerprint density at radius 2 is 2.11 bits per heavy atom. The van der Waals surface area contributed by atoms with E-state index in [1.807, 2.05) is 14.1 Å². The molecule has 1 rings (SSSR count). The van der Waals surface area contributed by atoms with Gasteiger partial charge < -0.3 is 24.6 Å². The predicted octanol–water partition coefficient (Wildman–Crippen LogP) is -0.993. The van der Waals surface area contributed by atoms with Crippen molar-refractivity contribution in [3.63, 3.8) is 0 Å². The molecule has 0 spiro atoms. The molecule has 1 fully saturated rings. The van der Waals surface area contributed by atoms with E-state index in [1.54, 1.807) is 7.11 Å². The smallest absolute Gasteiger partial charge is 0.0900 e. The van der Waals surface area contributed by atoms with Crippen LogP contribution in [0.4, 0.5) is 0 Å². The highest BCUT2D eigenvalue weighted by molar-refractivity contribution is 4.87. The summed E-state index contributed by atoms with van der Waals surface area (Å²) in [5.41, 5.74) is 0. The highest BCUT2D eigenvalue weighted by atomic mass is 16.5. The van der Waals surface area contributed by atoms with Gasteiger partial charge in [0.05, 0.1) is 32.0 Å². The summed E-state index contributed by atoms with van der Waals surface area (Å²) in [7, 11) is 5.66. The fourth-order valence-corrected chi connectivity index (χ4v) is 2.48. The van der Waals surface area contributed by atoms with Gasteiger partial charge in [0.15, 0.2) is 0 Å². The molecule has 0 aliphatic carbocycles. The standard InChI is InChI=1S/C13H28N2O4/c1-14(2)7-11-6-12(16)8-15(11)9-13(17)10-19-5-4-18-3/h11-13,16-17H,4-10H2,1-3H3. The van der Waals surface area contributed by atoms with Gasteiger partial charge in [-0.2, -0.15) is 0 Å². The summed E-state index contributed by atoms with van der Waals surface area (Å²) < 4.78 is 10.2. The van der Waals surface area contributed by atoms with Gasteiger partial charge in [-0.05, 0) is 20.5 Å². The van der Waals surface area contributed by atoms with Gasteiger partial charge in [-0.1, -0.05) is 0 Å². The molecule has 1 saturated heterocycles. The van der Waals surface area contributed by atoms with E-state index >= 15 is 0 Å². The molecular formula is C13H28N2O4. The molecule has 0 aromatic rings. The molecule has 6 nitrogen and oxygen atoms in total. The third-order valence-corrected chi connectivity index (χ3v) is 3.27. The van der Waals surface area contributed by atoms with Crippen molar-refractivity contribution in [3.8, 4) is 0 Å². The SMILES string of the molecule is COCCOCC(O)CN1CC(O)CC1CN(C)C. The summed E-state index contributed by atoms with van der Waals surface area (Å²) in [6, 6.07) is 0.304. The zero-order valence-corrected chi connectivity index (χ0v) is 12.3. The number of β-amino-alcohol motifs (C(OH)–C–C–N with tert-alkyl or cyclic N) is 2. The van der Waals surface area contributed by atoms with Crippen LogP contribution in [-0.2, 0) is 9.47 Å². The molecule has 0 radical (unpaired) electrons. The van der Waals surface area contributed by atoms with Crippen LogP contribution in [0.1, 0.15) is 6.42 Å². The Kier molecular flexibility index (Phi) is 7.82. The number of nitrogens with zero attached hydrogens (tertiary/aromatic N) is 2. The highest BCUT2D eigenvalue weighted by Crippen LogP contribution is 2.18. The van der Waals surface area contributed by atoms with E-state index in [0.29, 0.717) is 39.0 Å². The summed E-state index contributed by atoms with van der Waals surface area (Å²) in [5.74, 6) is 0. The first-order chi connectivity index (χ1) is 9.02. The first-order valence-electron chi connectivity index (χ1n) is 6.84. The molecule has 0 aromatic heterocycles. The van der Waals surface area contributed by atoms with E-state index in [0.717, 1.165) is 13.0 Å². The van der Waals surface area contributed by atoms with Crippen LogP contribution in [0.25, 0.3) is 0 Å². The van der Waals surface area contributed by atoms with Crippen LogP contribution >= 0.6 is 0 Å². The topological polar surface area (TPSA) is 65.4 Å². The average molecular weight is 276 g/mol. The quantitative estimate of drug-likeness (QED) is 0.527. The summed E-state index contributed by atoms with van der Waals surface area (Å²) in [4.78, 5) is 4.26. The summed E-state index contributed by atoms with van der Waals surface area (Å²) >= 11 is 0. The average Bonchev–Trinajstić information content (AvgIpc) is 2.64. The van der Waals surface area contributed by atoms with Crippen LogP contribution < -0.4 is 0 Å². The van der Waals surface area contributed by atoms with Crippen molar-refractivity contribution < 1.29 is 19.7 Å². The number of aliphatic hydroxyl groups is 2. The van der Waals surface area contributed by atoms with Crippen LogP contribution in [-0.4, -0.2) is 98.9 Å². The normalized spacial score (nSPS) is 26.2. The van der Waals surface area contributed by atoms with Gasteiger partial charge in [0, 0.05) is 32.8 Å². The van der Waals surface area contributed by atoms with Gasteiger partial charge >= 0.3 is 0 Å². The lowest BCUT2D eigenvalue weighted by atomic mass is 10.2. The van der Waals surface area contributed by atoms with E-state index in [4.69, 9.17) is 9.47 Å². The van der Waals surface area contributed by atoms with Crippen LogP contribution in [0, 0.1) is 0 Å². The number of aliphatic hydroxyl groups excluding tert-OH is 2. The van der Waals surface area contributed by atoms with Crippen molar-refractivity contribution >= 4 is 0 Å². The van der Waals surface area contributed by atoms with Crippen molar-refractivity contribution in [3.05, 3.63) is 0 Å². The van der Waals surface area contributed by atoms with Gasteiger partial charge in [-0.3, -0.25) is 4.90 Å². The number of hydrogen-bond donors (Lipinski definition) is 2. The molecule has 0 amide bonds. The molecule has 6 heteroatoms. The number of methoxy groups -OCH3 is 1. The molecule has 0 saturated carbocycles. The largest absolute Gasteiger partial charge is 0.392 e. The molecule has 0 aromatic carbocycles. The molecule has 0 bridgehead atoms. The summed E-state index contributed by atoms with van der Waals surface area (Å²) in [6.07, 6.45) is -0.0338. The number of rotatable bonds is 9. The monoisotopic (exact) mass is 276 g/mol. The maximum Gasteiger partial charge on any atom is 0.0900 e. The lowest BCUT2D eigenvalue weighted by molar-refractivity contribution is -0.00403. The Bertz CT molecular complexity index is 241. The van der Waals surface area contributed by atoms with E-state index in [9.17, 15) is 10.2 Å². The fraction of sp³-hybridized carbons (Fsp3) is 1.00. The minimum atomic E-state index is -0.521. The van der Waals surface area contributed by atoms with Crippen LogP contribution in [0.2, 0.25) is 0 Å². The lowest BCUT2D eigenvalue weighted by Gasteiger charge is -2.28. The Morgan fingerprint density at radius 3 is 2.74 bits per heavy atom. The molecule has 19 heavy (non-hydrogen) atoms. The van der Waals surface area contributed by atoms with Crippen LogP contribution in [0.5, 0.6) is 0 Å². The first kappa shape index (κ1) is 16.8. The Hall–Kier alpha value is -0.240. The second-order valence-corrected chi connectivity index (χ2v) is 5.48. The highest BCUT2D eigenvalue weighted by Gasteiger charge is 2.32. The molecule has 3 atom stereocenters. The Morgan fingerprint density at radius 1 is 1.37 bits per heavy atom. The molecule has 3 unspecified atom stereocenters. The maximum atomic E-state index is 9.94. The summed E-state index contributed by atoms with van der Waals surface area (Å²) in [5, 5.41) is 19.7. The molecular weight excluding hydrogens is 248 g/mol. The second kappa shape index (κ2) is 8.84. The van der Waals surface area contributed by atoms with Crippen molar-refractivity contribution in [2.24, 2.45) is 0 Å². The molecule has 114 valence electrons. The van der Waals surface area contributed by atoms with Crippen molar-refractivity contribution in [1.82, 2.24) is 9.80 Å². The number of likely N-dealkylation sites (N-methyl/N-ethyl adjacent to an activating group) is 1. The predicted molar refractivity (Wildman–Crippen MR) is 73.2 cm³/mol. The minimum absolute atomic E-state index is 0.286. The van der Waals surface area contributed by atoms with Gasteiger partial charge in [0.2, 0.25) is 0 Å². The van der Waals surface area contributed by atoms with Crippen molar-refractivity contribution in [2.45, 2.75) is 24.7 Å². The van der Waals surface area contributed by atoms with Gasteiger partial charge in [-0.15, -0.1) is 0 Å². The maximum absolute atomic E-state index is 9.94. The number of ether oxygens (including phenoxy) is 2. The van der Waals surface area contributed by atoms with E-state index < -0.39 is 6.10 Å². The first-order valence-corrected chi connectivity index (χ1v) is 6.84. The van der Waals surface area contributed by atoms with Crippen molar-refractivity contribution in [1.29, 1.82) is 0 Å². The molecule has 1 aliphatic heterocycles. The van der Waals surface area contributed by atoms with Gasteiger partial charge in [-0.25, -0.2) is 0 Å². The van der Waals surface area contributed by atoms with Gasteiger partial charge in [0.25, 0.3) is 0 Å². The lowest BCUT2D eigenvalue weighted by Crippen LogP contribution is -2.42. The molecule has 1 heterocycles. The zero-order chi connectivity index (χ0) is 14.3. The minimum Gasteiger partial charge on any atom is -0.392 e. The van der Waals surface area contributed by atoms with Crippen LogP contribution in [0.15, 0.2) is 0 Å². The fourth-order valence-electron chi connectivity index (χ4n) is 2.48. The summed E-state index contributed by atoms with van der Waals surface area (Å²) in [6.45, 7) is 3.42. The Labute approximate surface area is 115 Å². The Balaban J connectivity index is 2.28. The number of hydrogen-bond acceptors (Lipinski definition) is 6. The van der Waals surface area contributed by atoms with E-state index in [-0.39, 0.29) is 6.10 Å². The molecule has 2 N–H and O–H groups in total. The van der Waals surface area contributed by atoms with E-state index in [2.05, 4.69) is 9.80 Å². The van der Waals surface area contributed by atoms with Crippen molar-refractivity contribution in [2.75, 3.05) is 60.7 Å². The molecule has 1 aliphatic rings. The van der Waals surface area contributed by atoms with Crippen LogP contribution in [0.3, 0.4) is 0 Å². The van der Waals surface area contributed by atoms with Gasteiger partial charge in [0.1, 0.15) is 0 Å². The van der Waals surface area contributed by atoms with E-state index in [1.165, 1.54) is 0 Å². The number of likely N-dealkylation sites (tertiary alicyclic amines) is 1. The second-order valence-electron chi connectivity index (χ2n) is 5.48. The third kappa shape index (κ3) is 6.65.